The molecule has 96 valence electrons. The Morgan fingerprint density at radius 2 is 2.31 bits per heavy atom. The maximum Gasteiger partial charge on any atom is 0.211 e. The van der Waals surface area contributed by atoms with Gasteiger partial charge in [0.2, 0.25) is 10.0 Å². The van der Waals surface area contributed by atoms with Crippen molar-refractivity contribution in [2.75, 3.05) is 32.6 Å². The van der Waals surface area contributed by atoms with Gasteiger partial charge in [0.25, 0.3) is 0 Å². The Hall–Kier alpha value is -0.170. The van der Waals surface area contributed by atoms with Crippen LogP contribution in [0.4, 0.5) is 0 Å². The van der Waals surface area contributed by atoms with Crippen LogP contribution >= 0.6 is 0 Å². The van der Waals surface area contributed by atoms with E-state index in [1.807, 2.05) is 0 Å². The molecule has 5 nitrogen and oxygen atoms in total. The number of ether oxygens (including phenoxy) is 1. The number of sulfonamides is 1. The highest BCUT2D eigenvalue weighted by molar-refractivity contribution is 7.89. The normalized spacial score (nSPS) is 21.4. The molecule has 1 fully saturated rings. The molecule has 0 amide bonds. The third kappa shape index (κ3) is 5.79. The monoisotopic (exact) mass is 250 g/mol. The maximum absolute atomic E-state index is 11.5. The minimum Gasteiger partial charge on any atom is -0.385 e. The molecule has 6 heteroatoms. The van der Waals surface area contributed by atoms with E-state index in [2.05, 4.69) is 10.0 Å². The lowest BCUT2D eigenvalue weighted by atomic mass is 10.2. The third-order valence-electron chi connectivity index (χ3n) is 2.74. The summed E-state index contributed by atoms with van der Waals surface area (Å²) in [5.41, 5.74) is 0. The minimum absolute atomic E-state index is 0.152. The lowest BCUT2D eigenvalue weighted by molar-refractivity contribution is 0.199. The number of nitrogens with one attached hydrogen (secondary N) is 2. The molecule has 1 aliphatic rings. The van der Waals surface area contributed by atoms with E-state index in [9.17, 15) is 8.42 Å². The molecule has 0 aromatic rings. The van der Waals surface area contributed by atoms with Gasteiger partial charge < -0.3 is 10.1 Å². The first-order valence-electron chi connectivity index (χ1n) is 5.84. The first kappa shape index (κ1) is 13.9. The molecule has 0 spiro atoms. The van der Waals surface area contributed by atoms with Gasteiger partial charge in [0.15, 0.2) is 0 Å². The first-order valence-corrected chi connectivity index (χ1v) is 7.49. The standard InChI is InChI=1S/C10H22N2O3S/c1-15-8-3-9-16(13,14)12-7-5-10-4-2-6-11-10/h10-12H,2-9H2,1H3/t10-/m1/s1. The highest BCUT2D eigenvalue weighted by atomic mass is 32.2. The van der Waals surface area contributed by atoms with Crippen LogP contribution in [-0.2, 0) is 14.8 Å². The number of hydrogen-bond donors (Lipinski definition) is 2. The van der Waals surface area contributed by atoms with Crippen LogP contribution in [0.25, 0.3) is 0 Å². The Bertz CT molecular complexity index is 274. The van der Waals surface area contributed by atoms with E-state index in [-0.39, 0.29) is 5.75 Å². The average Bonchev–Trinajstić information content (AvgIpc) is 2.70. The van der Waals surface area contributed by atoms with E-state index in [0.717, 1.165) is 19.4 Å². The van der Waals surface area contributed by atoms with Crippen LogP contribution in [0.2, 0.25) is 0 Å². The predicted molar refractivity (Wildman–Crippen MR) is 63.9 cm³/mol. The van der Waals surface area contributed by atoms with Crippen LogP contribution in [-0.4, -0.2) is 47.0 Å². The van der Waals surface area contributed by atoms with Crippen molar-refractivity contribution in [2.24, 2.45) is 0 Å². The molecular formula is C10H22N2O3S. The van der Waals surface area contributed by atoms with E-state index in [0.29, 0.717) is 25.6 Å². The van der Waals surface area contributed by atoms with Crippen molar-refractivity contribution in [3.8, 4) is 0 Å². The van der Waals surface area contributed by atoms with Gasteiger partial charge in [-0.15, -0.1) is 0 Å². The van der Waals surface area contributed by atoms with Crippen molar-refractivity contribution in [2.45, 2.75) is 31.7 Å². The van der Waals surface area contributed by atoms with Crippen molar-refractivity contribution in [1.29, 1.82) is 0 Å². The van der Waals surface area contributed by atoms with Crippen molar-refractivity contribution in [3.63, 3.8) is 0 Å². The van der Waals surface area contributed by atoms with Gasteiger partial charge >= 0.3 is 0 Å². The van der Waals surface area contributed by atoms with Crippen LogP contribution in [0.3, 0.4) is 0 Å². The zero-order valence-electron chi connectivity index (χ0n) is 9.87. The Balaban J connectivity index is 2.09. The van der Waals surface area contributed by atoms with Gasteiger partial charge in [0.05, 0.1) is 5.75 Å². The van der Waals surface area contributed by atoms with Crippen LogP contribution < -0.4 is 10.0 Å². The molecule has 1 aliphatic heterocycles. The van der Waals surface area contributed by atoms with Crippen molar-refractivity contribution < 1.29 is 13.2 Å². The van der Waals surface area contributed by atoms with E-state index in [4.69, 9.17) is 4.74 Å². The summed E-state index contributed by atoms with van der Waals surface area (Å²) >= 11 is 0. The molecule has 0 bridgehead atoms. The Kier molecular flexibility index (Phi) is 6.26. The van der Waals surface area contributed by atoms with Gasteiger partial charge in [-0.05, 0) is 32.2 Å². The third-order valence-corrected chi connectivity index (χ3v) is 4.21. The molecule has 0 aromatic carbocycles. The second kappa shape index (κ2) is 7.21. The van der Waals surface area contributed by atoms with Crippen LogP contribution in [0, 0.1) is 0 Å². The maximum atomic E-state index is 11.5. The summed E-state index contributed by atoms with van der Waals surface area (Å²) in [4.78, 5) is 0. The van der Waals surface area contributed by atoms with Crippen molar-refractivity contribution in [3.05, 3.63) is 0 Å². The lowest BCUT2D eigenvalue weighted by Gasteiger charge is -2.11. The van der Waals surface area contributed by atoms with Crippen LogP contribution in [0.1, 0.15) is 25.7 Å². The topological polar surface area (TPSA) is 67.4 Å². The Morgan fingerprint density at radius 1 is 1.50 bits per heavy atom. The highest BCUT2D eigenvalue weighted by Gasteiger charge is 2.15. The smallest absolute Gasteiger partial charge is 0.211 e. The largest absolute Gasteiger partial charge is 0.385 e. The SMILES string of the molecule is COCCCS(=O)(=O)NCC[C@H]1CCCN1. The van der Waals surface area contributed by atoms with Gasteiger partial charge in [0, 0.05) is 26.3 Å². The molecule has 0 aliphatic carbocycles. The second-order valence-corrected chi connectivity index (χ2v) is 6.07. The second-order valence-electron chi connectivity index (χ2n) is 4.14. The van der Waals surface area contributed by atoms with Gasteiger partial charge in [0.1, 0.15) is 0 Å². The summed E-state index contributed by atoms with van der Waals surface area (Å²) in [7, 11) is -1.53. The molecule has 0 saturated carbocycles. The molecule has 0 radical (unpaired) electrons. The fraction of sp³-hybridized carbons (Fsp3) is 1.00. The van der Waals surface area contributed by atoms with Crippen LogP contribution in [0.5, 0.6) is 0 Å². The van der Waals surface area contributed by atoms with E-state index in [1.54, 1.807) is 7.11 Å². The molecule has 0 unspecified atom stereocenters. The van der Waals surface area contributed by atoms with Crippen LogP contribution in [0.15, 0.2) is 0 Å². The summed E-state index contributed by atoms with van der Waals surface area (Å²) in [6, 6.07) is 0.488. The number of methoxy groups -OCH3 is 1. The molecule has 1 rings (SSSR count). The van der Waals surface area contributed by atoms with Crippen molar-refractivity contribution in [1.82, 2.24) is 10.0 Å². The lowest BCUT2D eigenvalue weighted by Crippen LogP contribution is -2.32. The summed E-state index contributed by atoms with van der Waals surface area (Å²) in [5, 5.41) is 3.34. The Labute approximate surface area is 98.0 Å². The molecule has 1 saturated heterocycles. The molecule has 1 atom stereocenters. The molecule has 0 aromatic heterocycles. The zero-order valence-corrected chi connectivity index (χ0v) is 10.7. The minimum atomic E-state index is -3.10. The Morgan fingerprint density at radius 3 is 2.94 bits per heavy atom. The fourth-order valence-corrected chi connectivity index (χ4v) is 2.93. The zero-order chi connectivity index (χ0) is 11.9. The molecular weight excluding hydrogens is 228 g/mol. The quantitative estimate of drug-likeness (QED) is 0.599. The molecule has 1 heterocycles. The number of hydrogen-bond acceptors (Lipinski definition) is 4. The fourth-order valence-electron chi connectivity index (χ4n) is 1.86. The van der Waals surface area contributed by atoms with Crippen molar-refractivity contribution >= 4 is 10.0 Å². The van der Waals surface area contributed by atoms with E-state index < -0.39 is 10.0 Å². The predicted octanol–water partition coefficient (Wildman–Crippen LogP) is 0.0844. The summed E-state index contributed by atoms with van der Waals surface area (Å²) in [6.07, 6.45) is 3.79. The van der Waals surface area contributed by atoms with Gasteiger partial charge in [-0.3, -0.25) is 0 Å². The van der Waals surface area contributed by atoms with E-state index in [1.165, 1.54) is 6.42 Å². The molecule has 16 heavy (non-hydrogen) atoms. The summed E-state index contributed by atoms with van der Waals surface area (Å²) in [5.74, 6) is 0.152. The van der Waals surface area contributed by atoms with Gasteiger partial charge in [-0.25, -0.2) is 13.1 Å². The van der Waals surface area contributed by atoms with E-state index >= 15 is 0 Å². The average molecular weight is 250 g/mol. The highest BCUT2D eigenvalue weighted by Crippen LogP contribution is 2.07. The summed E-state index contributed by atoms with van der Waals surface area (Å²) < 4.78 is 30.4. The summed E-state index contributed by atoms with van der Waals surface area (Å²) in [6.45, 7) is 2.09. The van der Waals surface area contributed by atoms with Gasteiger partial charge in [-0.2, -0.15) is 0 Å². The first-order chi connectivity index (χ1) is 7.64. The van der Waals surface area contributed by atoms with Gasteiger partial charge in [-0.1, -0.05) is 0 Å². The molecule has 2 N–H and O–H groups in total. The number of rotatable bonds is 8.